The summed E-state index contributed by atoms with van der Waals surface area (Å²) in [5, 5.41) is 0. The summed E-state index contributed by atoms with van der Waals surface area (Å²) in [5.41, 5.74) is 24.2. The fourth-order valence-corrected chi connectivity index (χ4v) is 19.5. The number of ether oxygens (including phenoxy) is 4. The number of rotatable bonds is 20. The number of carbonyl (C=O) groups excluding carboxylic acids is 4. The molecule has 2 fully saturated rings. The lowest BCUT2D eigenvalue weighted by atomic mass is 9.92. The summed E-state index contributed by atoms with van der Waals surface area (Å²) >= 11 is 4.35. The number of nitrogens with zero attached hydrogens (tertiary/aromatic N) is 4. The lowest BCUT2D eigenvalue weighted by molar-refractivity contribution is 0.0353. The number of pyridine rings is 4. The Hall–Kier alpha value is -13.8. The SMILES string of the molecule is CC(C)OC(=O)c1c(Br)c2c(n1CC1CC1)-c1[nH]c(=O)c(-c3ccccc3)cc1CC2.CC(C)OC(=O)c1c(Br)c2c(n1Cc1ccc(F)cc1)-c1[nH]c(=O)c(-c3ccccc3)cc1CC2.CC(C)OC(=O)c1cc2c(n1CC1CC1)-c1[nH]c(=O)c(-c3ccccc3)cc1CC2.CC(C)OC(=O)c1cc2c(n1Cc1ccc(F)cc1)-c1[nH]c(=O)c(-c3ccccc3)cc1CC2.O=S=O.O=S=O.O=S=O.O=S=O. The second-order valence-electron chi connectivity index (χ2n) is 35.5. The number of nitrogens with one attached hydrogen (secondary N) is 4. The molecule has 4 N–H and O–H groups in total. The first-order valence-electron chi connectivity index (χ1n) is 45.9. The minimum absolute atomic E-state index is 0.0988. The molecule has 14 aromatic rings. The number of benzene rings is 6. The van der Waals surface area contributed by atoms with Crippen molar-refractivity contribution in [2.45, 2.75) is 183 Å². The Bertz CT molecular complexity index is 7380. The van der Waals surface area contributed by atoms with Crippen LogP contribution in [0.2, 0.25) is 0 Å². The van der Waals surface area contributed by atoms with Gasteiger partial charge in [-0.25, -0.2) is 28.0 Å². The van der Waals surface area contributed by atoms with E-state index in [1.54, 1.807) is 38.1 Å². The Labute approximate surface area is 846 Å². The highest BCUT2D eigenvalue weighted by molar-refractivity contribution is 9.11. The molecule has 28 nitrogen and oxygen atoms in total. The van der Waals surface area contributed by atoms with Crippen molar-refractivity contribution < 1.29 is 80.6 Å². The molecule has 0 amide bonds. The molecule has 6 aliphatic carbocycles. The van der Waals surface area contributed by atoms with Crippen LogP contribution in [-0.4, -0.2) is 120 Å². The van der Waals surface area contributed by atoms with Gasteiger partial charge in [-0.15, -0.1) is 0 Å². The number of aromatic amines is 4. The molecule has 0 saturated heterocycles. The smallest absolute Gasteiger partial charge is 0.356 e. The number of aryl methyl sites for hydroxylation is 6. The number of aromatic nitrogens is 8. The van der Waals surface area contributed by atoms with Crippen LogP contribution in [0.4, 0.5) is 8.78 Å². The molecule has 0 spiro atoms. The highest BCUT2D eigenvalue weighted by Crippen LogP contribution is 2.47. The van der Waals surface area contributed by atoms with E-state index in [9.17, 15) is 47.1 Å². The maximum Gasteiger partial charge on any atom is 0.356 e. The Balaban J connectivity index is 0.000000153. The van der Waals surface area contributed by atoms with E-state index in [1.165, 1.54) is 49.9 Å². The summed E-state index contributed by atoms with van der Waals surface area (Å²) < 4.78 is 125. The van der Waals surface area contributed by atoms with Crippen LogP contribution in [0.25, 0.3) is 90.1 Å². The van der Waals surface area contributed by atoms with Gasteiger partial charge in [0.2, 0.25) is 0 Å². The summed E-state index contributed by atoms with van der Waals surface area (Å²) in [7, 11) is 0. The third-order valence-corrected chi connectivity index (χ3v) is 26.0. The van der Waals surface area contributed by atoms with Crippen molar-refractivity contribution >= 4 is 102 Å². The molecule has 20 rings (SSSR count). The van der Waals surface area contributed by atoms with E-state index >= 15 is 0 Å². The molecule has 0 unspecified atom stereocenters. The van der Waals surface area contributed by atoms with Crippen LogP contribution in [0.15, 0.2) is 234 Å². The zero-order valence-corrected chi connectivity index (χ0v) is 84.9. The van der Waals surface area contributed by atoms with E-state index < -0.39 is 58.2 Å². The van der Waals surface area contributed by atoms with Gasteiger partial charge in [0.1, 0.15) is 34.4 Å². The van der Waals surface area contributed by atoms with Crippen LogP contribution in [0.1, 0.15) is 179 Å². The molecule has 0 radical (unpaired) electrons. The third-order valence-electron chi connectivity index (χ3n) is 24.3. The van der Waals surface area contributed by atoms with E-state index in [4.69, 9.17) is 52.6 Å². The Morgan fingerprint density at radius 3 is 0.894 bits per heavy atom. The second kappa shape index (κ2) is 48.6. The number of H-pyrrole nitrogens is 4. The molecule has 8 heterocycles. The first-order valence-corrected chi connectivity index (χ1v) is 50.1. The van der Waals surface area contributed by atoms with E-state index in [0.717, 1.165) is 180 Å². The molecule has 142 heavy (non-hydrogen) atoms. The minimum Gasteiger partial charge on any atom is -0.458 e. The van der Waals surface area contributed by atoms with Crippen LogP contribution in [0.5, 0.6) is 0 Å². The quantitative estimate of drug-likeness (QED) is 0.0407. The van der Waals surface area contributed by atoms with Crippen molar-refractivity contribution in [2.75, 3.05) is 0 Å². The fraction of sp³-hybridized carbons (Fsp3) is 0.283. The maximum absolute atomic E-state index is 13.5. The van der Waals surface area contributed by atoms with Gasteiger partial charge in [-0.1, -0.05) is 146 Å². The molecular weight excluding hydrogens is 2030 g/mol. The van der Waals surface area contributed by atoms with Gasteiger partial charge in [-0.2, -0.15) is 33.7 Å². The van der Waals surface area contributed by atoms with Gasteiger partial charge in [0.15, 0.2) is 0 Å². The topological polar surface area (TPSA) is 393 Å². The zero-order valence-electron chi connectivity index (χ0n) is 78.5. The molecule has 736 valence electrons. The van der Waals surface area contributed by atoms with Gasteiger partial charge < -0.3 is 57.2 Å². The van der Waals surface area contributed by atoms with Gasteiger partial charge in [0, 0.05) is 48.4 Å². The Morgan fingerprint density at radius 1 is 0.331 bits per heavy atom. The number of fused-ring (bicyclic) bond motifs is 12. The fourth-order valence-electron chi connectivity index (χ4n) is 18.0. The highest BCUT2D eigenvalue weighted by Gasteiger charge is 2.39. The summed E-state index contributed by atoms with van der Waals surface area (Å²) in [4.78, 5) is 117. The van der Waals surface area contributed by atoms with Gasteiger partial charge in [0.05, 0.1) is 78.9 Å². The Kier molecular flexibility index (Phi) is 36.1. The average Bonchev–Trinajstić information content (AvgIpc) is 1.59. The standard InChI is InChI=1S/C28H24BrFN2O3.C28H25FN2O3.C25H25BrN2O3.C25H26N2O3.4O2S/c1-16(2)35-28(34)26-23(29)21-13-10-19-14-22(18-6-4-3-5-7-18)27(33)31-24(19)25(21)32(26)15-17-8-11-20(30)12-9-17;1-17(2)34-28(33)24-15-21-11-10-20-14-23(19-6-4-3-5-7-19)27(32)30-25(20)26(21)31(24)16-18-8-12-22(29)13-9-18;1-14(2)31-25(30)23-20(26)18-11-10-17-12-19(16-6-4-3-5-7-16)24(29)27-21(17)22(18)28(23)13-15-8-9-15;1-15(2)30-25(29)21-13-19-11-10-18-12-20(17-6-4-3-5-7-17)24(28)26-22(18)23(19)27(21)14-16-8-9-16;4*1-3-2/h3-9,11-12,14,16H,10,13,15H2,1-2H3,(H,31,33);3-9,12-15,17H,10-11,16H2,1-2H3,(H,30,32);3-7,12,14-15H,8-11,13H2,1-2H3,(H,27,29);3-7,12-13,15-16H,8-11,14H2,1-2H3,(H,26,28);;;;. The van der Waals surface area contributed by atoms with Crippen LogP contribution >= 0.6 is 31.9 Å². The van der Waals surface area contributed by atoms with E-state index in [2.05, 4.69) is 60.9 Å². The molecule has 8 aromatic heterocycles. The van der Waals surface area contributed by atoms with Gasteiger partial charge in [-0.3, -0.25) is 19.2 Å². The molecule has 6 aromatic carbocycles. The first kappa shape index (κ1) is 106. The first-order chi connectivity index (χ1) is 68.3. The third kappa shape index (κ3) is 25.2. The number of hydrogen-bond acceptors (Lipinski definition) is 20. The minimum atomic E-state index is -0.750. The summed E-state index contributed by atoms with van der Waals surface area (Å²) in [6.45, 7) is 16.9. The zero-order chi connectivity index (χ0) is 102. The monoisotopic (exact) mass is 2130 g/mol. The van der Waals surface area contributed by atoms with E-state index in [1.807, 2.05) is 208 Å². The molecule has 0 bridgehead atoms. The van der Waals surface area contributed by atoms with Crippen LogP contribution in [0, 0.1) is 23.5 Å². The van der Waals surface area contributed by atoms with Crippen molar-refractivity contribution in [2.24, 2.45) is 11.8 Å². The van der Waals surface area contributed by atoms with Gasteiger partial charge >= 0.3 is 70.2 Å². The van der Waals surface area contributed by atoms with Crippen molar-refractivity contribution in [1.29, 1.82) is 0 Å². The van der Waals surface area contributed by atoms with Crippen LogP contribution in [-0.2, 0) is 143 Å². The van der Waals surface area contributed by atoms with Crippen LogP contribution < -0.4 is 22.2 Å². The van der Waals surface area contributed by atoms with Crippen molar-refractivity contribution in [1.82, 2.24) is 38.2 Å². The second-order valence-corrected chi connectivity index (χ2v) is 37.7. The number of carbonyl (C=O) groups is 4. The van der Waals surface area contributed by atoms with Gasteiger partial charge in [-0.05, 0) is 315 Å². The normalized spacial score (nSPS) is 12.8. The molecule has 2 saturated carbocycles. The number of halogens is 4. The van der Waals surface area contributed by atoms with Crippen molar-refractivity contribution in [3.05, 3.63) is 347 Å². The molecule has 0 atom stereocenters. The predicted molar refractivity (Wildman–Crippen MR) is 543 cm³/mol. The van der Waals surface area contributed by atoms with Crippen molar-refractivity contribution in [3.8, 4) is 90.1 Å². The lowest BCUT2D eigenvalue weighted by Crippen LogP contribution is -2.20. The largest absolute Gasteiger partial charge is 0.458 e. The summed E-state index contributed by atoms with van der Waals surface area (Å²) in [6.07, 6.45) is 9.99. The predicted octanol–water partition coefficient (Wildman–Crippen LogP) is 18.7. The van der Waals surface area contributed by atoms with E-state index in [-0.39, 0.29) is 70.2 Å². The van der Waals surface area contributed by atoms with Crippen LogP contribution in [0.3, 0.4) is 0 Å². The number of hydrogen-bond donors (Lipinski definition) is 4. The maximum atomic E-state index is 13.5. The summed E-state index contributed by atoms with van der Waals surface area (Å²) in [5.74, 6) is -0.966. The molecule has 6 aliphatic rings. The molecule has 36 heteroatoms. The lowest BCUT2D eigenvalue weighted by Gasteiger charge is -2.21. The molecule has 0 aliphatic heterocycles. The van der Waals surface area contributed by atoms with E-state index in [0.29, 0.717) is 86.5 Å². The summed E-state index contributed by atoms with van der Waals surface area (Å²) in [6, 6.07) is 62.8. The average molecular weight is 2130 g/mol. The highest BCUT2D eigenvalue weighted by atomic mass is 79.9. The van der Waals surface area contributed by atoms with Crippen molar-refractivity contribution in [3.63, 3.8) is 0 Å². The number of esters is 4. The van der Waals surface area contributed by atoms with Gasteiger partial charge in [0.25, 0.3) is 22.2 Å². The molecular formula is C106H100Br2F2N8O20S4. The Morgan fingerprint density at radius 2 is 0.585 bits per heavy atom.